The predicted molar refractivity (Wildman–Crippen MR) is 84.4 cm³/mol. The van der Waals surface area contributed by atoms with Crippen LogP contribution in [0.2, 0.25) is 0 Å². The van der Waals surface area contributed by atoms with Gasteiger partial charge in [0, 0.05) is 26.2 Å². The molecule has 2 amide bonds. The van der Waals surface area contributed by atoms with E-state index >= 15 is 0 Å². The lowest BCUT2D eigenvalue weighted by molar-refractivity contribution is -0.130. The van der Waals surface area contributed by atoms with E-state index in [4.69, 9.17) is 9.47 Å². The predicted octanol–water partition coefficient (Wildman–Crippen LogP) is 0.225. The van der Waals surface area contributed by atoms with Gasteiger partial charge in [0.05, 0.1) is 25.3 Å². The fourth-order valence-electron chi connectivity index (χ4n) is 2.65. The van der Waals surface area contributed by atoms with E-state index in [9.17, 15) is 9.59 Å². The lowest BCUT2D eigenvalue weighted by Gasteiger charge is -2.27. The maximum atomic E-state index is 12.0. The Morgan fingerprint density at radius 1 is 1.30 bits per heavy atom. The summed E-state index contributed by atoms with van der Waals surface area (Å²) in [5, 5.41) is 5.60. The second-order valence-corrected chi connectivity index (χ2v) is 5.60. The molecule has 1 fully saturated rings. The molecule has 2 heterocycles. The van der Waals surface area contributed by atoms with Crippen LogP contribution in [-0.2, 0) is 14.3 Å². The molecule has 7 nitrogen and oxygen atoms in total. The van der Waals surface area contributed by atoms with Crippen molar-refractivity contribution in [3.05, 3.63) is 24.3 Å². The van der Waals surface area contributed by atoms with Gasteiger partial charge in [-0.05, 0) is 12.1 Å². The SMILES string of the molecule is O=C(C[C@@H]1Oc2ccccc2NC1=O)NCCN1CCOCC1. The van der Waals surface area contributed by atoms with Crippen LogP contribution < -0.4 is 15.4 Å². The van der Waals surface area contributed by atoms with Gasteiger partial charge >= 0.3 is 0 Å². The lowest BCUT2D eigenvalue weighted by atomic mass is 10.1. The number of anilines is 1. The van der Waals surface area contributed by atoms with Crippen molar-refractivity contribution in [1.82, 2.24) is 10.2 Å². The Labute approximate surface area is 134 Å². The molecule has 0 radical (unpaired) electrons. The minimum atomic E-state index is -0.784. The number of nitrogens with zero attached hydrogens (tertiary/aromatic N) is 1. The van der Waals surface area contributed by atoms with Gasteiger partial charge in [-0.1, -0.05) is 12.1 Å². The van der Waals surface area contributed by atoms with Crippen LogP contribution in [0.5, 0.6) is 5.75 Å². The Morgan fingerprint density at radius 2 is 2.09 bits per heavy atom. The molecule has 0 aliphatic carbocycles. The zero-order valence-corrected chi connectivity index (χ0v) is 12.9. The van der Waals surface area contributed by atoms with Crippen LogP contribution in [0, 0.1) is 0 Å². The third kappa shape index (κ3) is 4.20. The van der Waals surface area contributed by atoms with Gasteiger partial charge in [-0.2, -0.15) is 0 Å². The average Bonchev–Trinajstić information content (AvgIpc) is 2.56. The summed E-state index contributed by atoms with van der Waals surface area (Å²) in [7, 11) is 0. The average molecular weight is 319 g/mol. The molecular formula is C16H21N3O4. The number of carbonyl (C=O) groups excluding carboxylic acids is 2. The minimum Gasteiger partial charge on any atom is -0.478 e. The molecule has 0 unspecified atom stereocenters. The van der Waals surface area contributed by atoms with E-state index < -0.39 is 6.10 Å². The fraction of sp³-hybridized carbons (Fsp3) is 0.500. The van der Waals surface area contributed by atoms with Crippen LogP contribution in [0.4, 0.5) is 5.69 Å². The first-order valence-corrected chi connectivity index (χ1v) is 7.86. The van der Waals surface area contributed by atoms with E-state index in [0.29, 0.717) is 18.0 Å². The topological polar surface area (TPSA) is 79.9 Å². The van der Waals surface area contributed by atoms with Crippen molar-refractivity contribution in [3.63, 3.8) is 0 Å². The van der Waals surface area contributed by atoms with E-state index in [2.05, 4.69) is 15.5 Å². The van der Waals surface area contributed by atoms with Gasteiger partial charge in [-0.25, -0.2) is 0 Å². The zero-order valence-electron chi connectivity index (χ0n) is 12.9. The van der Waals surface area contributed by atoms with E-state index in [1.54, 1.807) is 12.1 Å². The summed E-state index contributed by atoms with van der Waals surface area (Å²) in [6.45, 7) is 4.61. The Bertz CT molecular complexity index is 572. The molecule has 2 aliphatic heterocycles. The standard InChI is InChI=1S/C16H21N3O4/c20-15(17-5-6-19-7-9-22-10-8-19)11-14-16(21)18-12-3-1-2-4-13(12)23-14/h1-4,14H,5-11H2,(H,17,20)(H,18,21)/t14-/m0/s1. The molecule has 0 saturated carbocycles. The van der Waals surface area contributed by atoms with E-state index in [1.807, 2.05) is 12.1 Å². The molecule has 1 aromatic carbocycles. The van der Waals surface area contributed by atoms with Crippen LogP contribution in [0.3, 0.4) is 0 Å². The summed E-state index contributed by atoms with van der Waals surface area (Å²) in [5.74, 6) is 0.128. The number of rotatable bonds is 5. The highest BCUT2D eigenvalue weighted by atomic mass is 16.5. The number of hydrogen-bond acceptors (Lipinski definition) is 5. The Morgan fingerprint density at radius 3 is 2.91 bits per heavy atom. The minimum absolute atomic E-state index is 0.0171. The van der Waals surface area contributed by atoms with Gasteiger partial charge < -0.3 is 20.1 Å². The normalized spacial score (nSPS) is 21.0. The first kappa shape index (κ1) is 15.8. The van der Waals surface area contributed by atoms with Gasteiger partial charge in [0.25, 0.3) is 5.91 Å². The first-order valence-electron chi connectivity index (χ1n) is 7.86. The molecule has 1 atom stereocenters. The quantitative estimate of drug-likeness (QED) is 0.812. The number of para-hydroxylation sites is 2. The number of fused-ring (bicyclic) bond motifs is 1. The number of benzene rings is 1. The van der Waals surface area contributed by atoms with Crippen molar-refractivity contribution in [1.29, 1.82) is 0 Å². The molecule has 1 aromatic rings. The third-order valence-corrected chi connectivity index (χ3v) is 3.93. The summed E-state index contributed by atoms with van der Waals surface area (Å²) in [4.78, 5) is 26.2. The lowest BCUT2D eigenvalue weighted by Crippen LogP contribution is -2.44. The van der Waals surface area contributed by atoms with Crippen molar-refractivity contribution >= 4 is 17.5 Å². The molecule has 124 valence electrons. The Hall–Kier alpha value is -2.12. The fourth-order valence-corrected chi connectivity index (χ4v) is 2.65. The van der Waals surface area contributed by atoms with E-state index in [1.165, 1.54) is 0 Å². The zero-order chi connectivity index (χ0) is 16.1. The maximum absolute atomic E-state index is 12.0. The summed E-state index contributed by atoms with van der Waals surface area (Å²) < 4.78 is 10.9. The highest BCUT2D eigenvalue weighted by molar-refractivity contribution is 5.99. The monoisotopic (exact) mass is 319 g/mol. The van der Waals surface area contributed by atoms with Crippen LogP contribution in [0.15, 0.2) is 24.3 Å². The smallest absolute Gasteiger partial charge is 0.266 e. The summed E-state index contributed by atoms with van der Waals surface area (Å²) in [6, 6.07) is 7.20. The van der Waals surface area contributed by atoms with Crippen LogP contribution >= 0.6 is 0 Å². The molecule has 0 spiro atoms. The number of ether oxygens (including phenoxy) is 2. The Balaban J connectivity index is 1.43. The van der Waals surface area contributed by atoms with Crippen molar-refractivity contribution in [2.24, 2.45) is 0 Å². The molecule has 7 heteroatoms. The largest absolute Gasteiger partial charge is 0.478 e. The summed E-state index contributed by atoms with van der Waals surface area (Å²) in [5.41, 5.74) is 0.640. The highest BCUT2D eigenvalue weighted by Gasteiger charge is 2.29. The van der Waals surface area contributed by atoms with E-state index in [-0.39, 0.29) is 18.2 Å². The molecule has 0 bridgehead atoms. The van der Waals surface area contributed by atoms with Gasteiger partial charge in [0.2, 0.25) is 5.91 Å². The van der Waals surface area contributed by atoms with Crippen LogP contribution in [-0.4, -0.2) is 62.2 Å². The summed E-state index contributed by atoms with van der Waals surface area (Å²) >= 11 is 0. The second-order valence-electron chi connectivity index (χ2n) is 5.60. The maximum Gasteiger partial charge on any atom is 0.266 e. The number of amides is 2. The molecule has 2 N–H and O–H groups in total. The van der Waals surface area contributed by atoms with Crippen molar-refractivity contribution in [2.75, 3.05) is 44.7 Å². The van der Waals surface area contributed by atoms with Gasteiger partial charge in [-0.15, -0.1) is 0 Å². The van der Waals surface area contributed by atoms with Crippen molar-refractivity contribution in [2.45, 2.75) is 12.5 Å². The van der Waals surface area contributed by atoms with Gasteiger partial charge in [0.1, 0.15) is 5.75 Å². The molecule has 3 rings (SSSR count). The number of morpholine rings is 1. The molecular weight excluding hydrogens is 298 g/mol. The van der Waals surface area contributed by atoms with Gasteiger partial charge in [0.15, 0.2) is 6.10 Å². The van der Waals surface area contributed by atoms with Gasteiger partial charge in [-0.3, -0.25) is 14.5 Å². The molecule has 23 heavy (non-hydrogen) atoms. The number of carbonyl (C=O) groups is 2. The molecule has 1 saturated heterocycles. The van der Waals surface area contributed by atoms with Crippen molar-refractivity contribution in [3.8, 4) is 5.75 Å². The second kappa shape index (κ2) is 7.43. The first-order chi connectivity index (χ1) is 11.2. The third-order valence-electron chi connectivity index (χ3n) is 3.93. The number of nitrogens with one attached hydrogen (secondary N) is 2. The van der Waals surface area contributed by atoms with Crippen LogP contribution in [0.1, 0.15) is 6.42 Å². The number of hydrogen-bond donors (Lipinski definition) is 2. The Kier molecular flexibility index (Phi) is 5.09. The summed E-state index contributed by atoms with van der Waals surface area (Å²) in [6.07, 6.45) is -0.767. The highest BCUT2D eigenvalue weighted by Crippen LogP contribution is 2.29. The van der Waals surface area contributed by atoms with Crippen molar-refractivity contribution < 1.29 is 19.1 Å². The molecule has 2 aliphatic rings. The molecule has 0 aromatic heterocycles. The van der Waals surface area contributed by atoms with E-state index in [0.717, 1.165) is 32.8 Å². The van der Waals surface area contributed by atoms with Crippen LogP contribution in [0.25, 0.3) is 0 Å².